The first-order valence-electron chi connectivity index (χ1n) is 10.7. The Hall–Kier alpha value is -2.43. The Kier molecular flexibility index (Phi) is 6.21. The lowest BCUT2D eigenvalue weighted by atomic mass is 9.65. The average Bonchev–Trinajstić information content (AvgIpc) is 2.70. The van der Waals surface area contributed by atoms with Crippen molar-refractivity contribution >= 4 is 12.0 Å². The molecule has 5 nitrogen and oxygen atoms in total. The summed E-state index contributed by atoms with van der Waals surface area (Å²) in [6, 6.07) is 1.70. The van der Waals surface area contributed by atoms with Crippen molar-refractivity contribution in [1.82, 2.24) is 0 Å². The molecule has 0 aromatic heterocycles. The monoisotopic (exact) mass is 414 g/mol. The average molecular weight is 415 g/mol. The highest BCUT2D eigenvalue weighted by Gasteiger charge is 2.38. The molecule has 0 spiro atoms. The summed E-state index contributed by atoms with van der Waals surface area (Å²) < 4.78 is 22.9. The second-order valence-electron chi connectivity index (χ2n) is 9.07. The lowest BCUT2D eigenvalue weighted by Crippen LogP contribution is -2.36. The Balaban J connectivity index is 1.89. The number of hydrogen-bond donors (Lipinski definition) is 0. The Bertz CT molecular complexity index is 871. The van der Waals surface area contributed by atoms with E-state index in [0.717, 1.165) is 12.8 Å². The molecule has 5 heteroatoms. The predicted molar refractivity (Wildman–Crippen MR) is 118 cm³/mol. The molecule has 3 atom stereocenters. The number of carbonyl (C=O) groups is 1. The summed E-state index contributed by atoms with van der Waals surface area (Å²) in [7, 11) is 3.12. The van der Waals surface area contributed by atoms with Crippen LogP contribution in [-0.4, -0.2) is 25.8 Å². The van der Waals surface area contributed by atoms with Gasteiger partial charge in [0.15, 0.2) is 23.0 Å². The van der Waals surface area contributed by atoms with Gasteiger partial charge in [0.25, 0.3) is 0 Å². The molecule has 0 N–H and O–H groups in total. The Morgan fingerprint density at radius 1 is 1.23 bits per heavy atom. The van der Waals surface area contributed by atoms with Crippen LogP contribution < -0.4 is 18.9 Å². The number of carbonyl (C=O) groups excluding carboxylic acids is 1. The maximum Gasteiger partial charge on any atom is 0.308 e. The highest BCUT2D eigenvalue weighted by Crippen LogP contribution is 2.51. The highest BCUT2D eigenvalue weighted by molar-refractivity contribution is 5.79. The standard InChI is InChI=1S/C25H34O5/c1-16-9-8-11-24(4,17(16)2)13-14-25(5)12-10-19-22(29-18(3)26)20(27-6)15-21(28-7)23(19)30-25/h10,12,15-16H,2,8-9,11,13-14H2,1,3-7H3. The summed E-state index contributed by atoms with van der Waals surface area (Å²) in [6.45, 7) is 12.5. The molecule has 1 aliphatic carbocycles. The third-order valence-corrected chi connectivity index (χ3v) is 6.73. The molecule has 3 unspecified atom stereocenters. The second kappa shape index (κ2) is 8.37. The first-order chi connectivity index (χ1) is 14.1. The maximum absolute atomic E-state index is 11.6. The summed E-state index contributed by atoms with van der Waals surface area (Å²) in [4.78, 5) is 11.6. The van der Waals surface area contributed by atoms with Crippen LogP contribution in [0.2, 0.25) is 0 Å². The molecule has 0 saturated heterocycles. The van der Waals surface area contributed by atoms with Crippen molar-refractivity contribution < 1.29 is 23.7 Å². The fraction of sp³-hybridized carbons (Fsp3) is 0.560. The molecule has 1 fully saturated rings. The van der Waals surface area contributed by atoms with Gasteiger partial charge >= 0.3 is 5.97 Å². The van der Waals surface area contributed by atoms with Gasteiger partial charge in [-0.05, 0) is 56.1 Å². The molecule has 3 rings (SSSR count). The van der Waals surface area contributed by atoms with Crippen molar-refractivity contribution in [3.8, 4) is 23.0 Å². The number of allylic oxidation sites excluding steroid dienone is 1. The Labute approximate surface area is 180 Å². The topological polar surface area (TPSA) is 54.0 Å². The van der Waals surface area contributed by atoms with E-state index in [1.165, 1.54) is 38.9 Å². The third-order valence-electron chi connectivity index (χ3n) is 6.73. The van der Waals surface area contributed by atoms with Crippen LogP contribution in [0.15, 0.2) is 24.3 Å². The number of methoxy groups -OCH3 is 2. The molecular weight excluding hydrogens is 380 g/mol. The van der Waals surface area contributed by atoms with Gasteiger partial charge in [0.2, 0.25) is 0 Å². The minimum Gasteiger partial charge on any atom is -0.493 e. The van der Waals surface area contributed by atoms with Gasteiger partial charge in [-0.2, -0.15) is 0 Å². The van der Waals surface area contributed by atoms with E-state index in [1.807, 2.05) is 12.2 Å². The predicted octanol–water partition coefficient (Wildman–Crippen LogP) is 5.96. The van der Waals surface area contributed by atoms with Crippen molar-refractivity contribution in [2.75, 3.05) is 14.2 Å². The molecular formula is C25H34O5. The van der Waals surface area contributed by atoms with E-state index in [0.29, 0.717) is 34.5 Å². The summed E-state index contributed by atoms with van der Waals surface area (Å²) in [5.74, 6) is 2.05. The van der Waals surface area contributed by atoms with Crippen LogP contribution in [0.25, 0.3) is 6.08 Å². The third kappa shape index (κ3) is 4.21. The highest BCUT2D eigenvalue weighted by atomic mass is 16.6. The van der Waals surface area contributed by atoms with Gasteiger partial charge in [0.1, 0.15) is 5.60 Å². The molecule has 1 aliphatic heterocycles. The number of ether oxygens (including phenoxy) is 4. The molecule has 1 heterocycles. The first-order valence-corrected chi connectivity index (χ1v) is 10.7. The number of benzene rings is 1. The van der Waals surface area contributed by atoms with Crippen LogP contribution in [-0.2, 0) is 4.79 Å². The van der Waals surface area contributed by atoms with E-state index < -0.39 is 11.6 Å². The molecule has 30 heavy (non-hydrogen) atoms. The van der Waals surface area contributed by atoms with E-state index in [-0.39, 0.29) is 5.41 Å². The van der Waals surface area contributed by atoms with Crippen molar-refractivity contribution in [2.24, 2.45) is 11.3 Å². The van der Waals surface area contributed by atoms with Crippen LogP contribution in [0.4, 0.5) is 0 Å². The summed E-state index contributed by atoms with van der Waals surface area (Å²) in [5, 5.41) is 0. The lowest BCUT2D eigenvalue weighted by Gasteiger charge is -2.42. The summed E-state index contributed by atoms with van der Waals surface area (Å²) in [5.41, 5.74) is 1.65. The van der Waals surface area contributed by atoms with Crippen molar-refractivity contribution in [2.45, 2.75) is 65.4 Å². The Morgan fingerprint density at radius 3 is 2.57 bits per heavy atom. The van der Waals surface area contributed by atoms with Gasteiger partial charge in [-0.1, -0.05) is 32.4 Å². The van der Waals surface area contributed by atoms with E-state index in [2.05, 4.69) is 27.4 Å². The van der Waals surface area contributed by atoms with Gasteiger partial charge in [0.05, 0.1) is 19.8 Å². The SMILES string of the molecule is C=C1C(C)CCCC1(C)CCC1(C)C=Cc2c(OC(C)=O)c(OC)cc(OC)c2O1. The molecule has 2 aliphatic rings. The molecule has 1 aromatic carbocycles. The minimum absolute atomic E-state index is 0.130. The van der Waals surface area contributed by atoms with Crippen molar-refractivity contribution in [3.05, 3.63) is 29.9 Å². The van der Waals surface area contributed by atoms with E-state index in [1.54, 1.807) is 13.2 Å². The van der Waals surface area contributed by atoms with Crippen LogP contribution >= 0.6 is 0 Å². The fourth-order valence-corrected chi connectivity index (χ4v) is 4.63. The van der Waals surface area contributed by atoms with Gasteiger partial charge in [0, 0.05) is 13.0 Å². The Morgan fingerprint density at radius 2 is 1.93 bits per heavy atom. The molecule has 164 valence electrons. The number of fused-ring (bicyclic) bond motifs is 1. The molecule has 1 aromatic rings. The molecule has 0 amide bonds. The zero-order valence-electron chi connectivity index (χ0n) is 19.1. The summed E-state index contributed by atoms with van der Waals surface area (Å²) >= 11 is 0. The maximum atomic E-state index is 11.6. The van der Waals surface area contributed by atoms with Gasteiger partial charge in [-0.15, -0.1) is 0 Å². The number of esters is 1. The van der Waals surface area contributed by atoms with E-state index in [4.69, 9.17) is 18.9 Å². The minimum atomic E-state index is -0.494. The van der Waals surface area contributed by atoms with Crippen LogP contribution in [0.5, 0.6) is 23.0 Å². The quantitative estimate of drug-likeness (QED) is 0.327. The summed E-state index contributed by atoms with van der Waals surface area (Å²) in [6.07, 6.45) is 9.48. The normalized spacial score (nSPS) is 27.8. The molecule has 0 radical (unpaired) electrons. The zero-order chi connectivity index (χ0) is 22.1. The zero-order valence-corrected chi connectivity index (χ0v) is 19.1. The number of hydrogen-bond acceptors (Lipinski definition) is 5. The van der Waals surface area contributed by atoms with Crippen LogP contribution in [0.3, 0.4) is 0 Å². The van der Waals surface area contributed by atoms with E-state index >= 15 is 0 Å². The van der Waals surface area contributed by atoms with Crippen molar-refractivity contribution in [1.29, 1.82) is 0 Å². The fourth-order valence-electron chi connectivity index (χ4n) is 4.63. The largest absolute Gasteiger partial charge is 0.493 e. The smallest absolute Gasteiger partial charge is 0.308 e. The second-order valence-corrected chi connectivity index (χ2v) is 9.07. The van der Waals surface area contributed by atoms with Gasteiger partial charge in [-0.25, -0.2) is 0 Å². The van der Waals surface area contributed by atoms with Gasteiger partial charge < -0.3 is 18.9 Å². The van der Waals surface area contributed by atoms with Crippen LogP contribution in [0.1, 0.15) is 65.4 Å². The molecule has 0 bridgehead atoms. The van der Waals surface area contributed by atoms with Crippen molar-refractivity contribution in [3.63, 3.8) is 0 Å². The number of rotatable bonds is 6. The lowest BCUT2D eigenvalue weighted by molar-refractivity contribution is -0.132. The molecule has 1 saturated carbocycles. The van der Waals surface area contributed by atoms with Gasteiger partial charge in [-0.3, -0.25) is 4.79 Å². The van der Waals surface area contributed by atoms with E-state index in [9.17, 15) is 4.79 Å². The first kappa shape index (κ1) is 22.3. The van der Waals surface area contributed by atoms with Crippen LogP contribution in [0, 0.1) is 11.3 Å².